The van der Waals surface area contributed by atoms with Crippen molar-refractivity contribution >= 4 is 43.1 Å². The van der Waals surface area contributed by atoms with Gasteiger partial charge in [0, 0.05) is 11.3 Å². The van der Waals surface area contributed by atoms with E-state index in [0.29, 0.717) is 11.8 Å². The Balaban J connectivity index is 1.17. The molecule has 0 saturated heterocycles. The Morgan fingerprint density at radius 1 is 0.379 bits per heavy atom. The van der Waals surface area contributed by atoms with Crippen LogP contribution < -0.4 is 0 Å². The van der Waals surface area contributed by atoms with Gasteiger partial charge in [0.25, 0.3) is 0 Å². The molecule has 9 aromatic rings. The lowest BCUT2D eigenvalue weighted by molar-refractivity contribution is 0.394. The Morgan fingerprint density at radius 2 is 0.983 bits per heavy atom. The zero-order valence-corrected chi connectivity index (χ0v) is 33.5. The zero-order valence-electron chi connectivity index (χ0n) is 33.5. The molecule has 0 fully saturated rings. The van der Waals surface area contributed by atoms with Crippen LogP contribution in [-0.2, 0) is 10.8 Å². The van der Waals surface area contributed by atoms with Crippen LogP contribution in [0.15, 0.2) is 182 Å². The van der Waals surface area contributed by atoms with Gasteiger partial charge in [0.15, 0.2) is 0 Å². The van der Waals surface area contributed by atoms with Crippen molar-refractivity contribution in [2.75, 3.05) is 0 Å². The number of benzene rings is 9. The first-order valence-electron chi connectivity index (χ1n) is 20.9. The molecule has 0 nitrogen and oxygen atoms in total. The molecule has 2 atom stereocenters. The monoisotopic (exact) mass is 740 g/mol. The highest BCUT2D eigenvalue weighted by atomic mass is 14.5. The molecule has 9 aromatic carbocycles. The Labute approximate surface area is 340 Å². The quantitative estimate of drug-likeness (QED) is 0.125. The summed E-state index contributed by atoms with van der Waals surface area (Å²) in [7, 11) is 0. The molecule has 0 saturated carbocycles. The molecule has 0 N–H and O–H groups in total. The van der Waals surface area contributed by atoms with Crippen LogP contribution in [0.4, 0.5) is 0 Å². The lowest BCUT2D eigenvalue weighted by atomic mass is 9.74. The van der Waals surface area contributed by atoms with Crippen LogP contribution in [0.5, 0.6) is 0 Å². The summed E-state index contributed by atoms with van der Waals surface area (Å²) in [5, 5.41) is 10.3. The molecule has 2 unspecified atom stereocenters. The van der Waals surface area contributed by atoms with Crippen molar-refractivity contribution in [3.8, 4) is 44.5 Å². The normalized spacial score (nSPS) is 18.1. The third kappa shape index (κ3) is 4.58. The van der Waals surface area contributed by atoms with E-state index < -0.39 is 0 Å². The maximum absolute atomic E-state index is 2.55. The van der Waals surface area contributed by atoms with Crippen LogP contribution in [0.25, 0.3) is 87.6 Å². The van der Waals surface area contributed by atoms with Crippen molar-refractivity contribution < 1.29 is 0 Å². The molecular weight excluding hydrogens is 697 g/mol. The van der Waals surface area contributed by atoms with Crippen molar-refractivity contribution in [1.82, 2.24) is 0 Å². The molecule has 58 heavy (non-hydrogen) atoms. The number of rotatable bonds is 3. The summed E-state index contributed by atoms with van der Waals surface area (Å²) in [6.07, 6.45) is 9.32. The van der Waals surface area contributed by atoms with E-state index in [1.54, 1.807) is 0 Å². The van der Waals surface area contributed by atoms with Gasteiger partial charge in [-0.1, -0.05) is 192 Å². The molecule has 0 heteroatoms. The van der Waals surface area contributed by atoms with Gasteiger partial charge in [0.1, 0.15) is 0 Å². The molecule has 3 aliphatic rings. The zero-order chi connectivity index (χ0) is 38.9. The van der Waals surface area contributed by atoms with E-state index in [9.17, 15) is 0 Å². The molecule has 0 amide bonds. The maximum atomic E-state index is 2.55. The van der Waals surface area contributed by atoms with Gasteiger partial charge in [0.2, 0.25) is 0 Å². The highest BCUT2D eigenvalue weighted by molar-refractivity contribution is 6.26. The fraction of sp³-hybridized carbons (Fsp3) is 0.138. The standard InChI is InChI=1S/C58H44/c1-57(2)51-23-13-11-19-42(51)44-28-25-36(33-53(44)57)35-26-30-48-50(31-35)55(38-27-29-45-43-20-12-14-24-52(43)58(3,4)54(45)34-38)46-21-9-10-22-47(46)56(48)49-32-37-15-5-6-16-39(37)40-17-7-8-18-41(40)49/h5-34,43,52H,1-4H3. The fourth-order valence-corrected chi connectivity index (χ4v) is 11.4. The first-order chi connectivity index (χ1) is 28.3. The van der Waals surface area contributed by atoms with Crippen LogP contribution in [0.2, 0.25) is 0 Å². The van der Waals surface area contributed by atoms with Gasteiger partial charge < -0.3 is 0 Å². The average molecular weight is 741 g/mol. The minimum absolute atomic E-state index is 0.0206. The minimum Gasteiger partial charge on any atom is -0.0796 e. The number of allylic oxidation sites excluding steroid dienone is 4. The Bertz CT molecular complexity index is 3290. The molecule has 0 aromatic heterocycles. The summed E-state index contributed by atoms with van der Waals surface area (Å²) in [6.45, 7) is 9.64. The van der Waals surface area contributed by atoms with E-state index in [-0.39, 0.29) is 10.8 Å². The second-order valence-corrected chi connectivity index (χ2v) is 18.0. The summed E-state index contributed by atoms with van der Waals surface area (Å²) < 4.78 is 0. The van der Waals surface area contributed by atoms with Gasteiger partial charge in [-0.15, -0.1) is 0 Å². The Kier molecular flexibility index (Phi) is 6.96. The third-order valence-electron chi connectivity index (χ3n) is 14.3. The Morgan fingerprint density at radius 3 is 1.83 bits per heavy atom. The van der Waals surface area contributed by atoms with Crippen LogP contribution in [0, 0.1) is 5.92 Å². The highest BCUT2D eigenvalue weighted by Crippen LogP contribution is 2.55. The van der Waals surface area contributed by atoms with Gasteiger partial charge in [0.05, 0.1) is 0 Å². The van der Waals surface area contributed by atoms with Crippen LogP contribution in [0.3, 0.4) is 0 Å². The van der Waals surface area contributed by atoms with E-state index in [0.717, 1.165) is 0 Å². The lowest BCUT2D eigenvalue weighted by Crippen LogP contribution is -2.24. The molecule has 0 spiro atoms. The summed E-state index contributed by atoms with van der Waals surface area (Å²) >= 11 is 0. The molecule has 3 aliphatic carbocycles. The maximum Gasteiger partial charge on any atom is 0.0159 e. The van der Waals surface area contributed by atoms with Gasteiger partial charge in [-0.2, -0.15) is 0 Å². The van der Waals surface area contributed by atoms with E-state index >= 15 is 0 Å². The van der Waals surface area contributed by atoms with Gasteiger partial charge in [-0.05, 0) is 139 Å². The first kappa shape index (κ1) is 33.6. The molecular formula is C58H44. The van der Waals surface area contributed by atoms with E-state index in [4.69, 9.17) is 0 Å². The minimum atomic E-state index is -0.0662. The van der Waals surface area contributed by atoms with Gasteiger partial charge in [-0.25, -0.2) is 0 Å². The summed E-state index contributed by atoms with van der Waals surface area (Å²) in [5.41, 5.74) is 16.1. The fourth-order valence-electron chi connectivity index (χ4n) is 11.4. The van der Waals surface area contributed by atoms with Crippen LogP contribution in [0.1, 0.15) is 55.9 Å². The van der Waals surface area contributed by atoms with Crippen molar-refractivity contribution in [2.24, 2.45) is 5.92 Å². The van der Waals surface area contributed by atoms with E-state index in [1.807, 2.05) is 0 Å². The topological polar surface area (TPSA) is 0 Å². The van der Waals surface area contributed by atoms with Crippen LogP contribution in [-0.4, -0.2) is 0 Å². The van der Waals surface area contributed by atoms with Crippen molar-refractivity contribution in [1.29, 1.82) is 0 Å². The molecule has 0 bridgehead atoms. The van der Waals surface area contributed by atoms with Crippen molar-refractivity contribution in [3.63, 3.8) is 0 Å². The molecule has 12 rings (SSSR count). The molecule has 0 heterocycles. The molecule has 0 radical (unpaired) electrons. The number of fused-ring (bicyclic) bond motifs is 11. The second-order valence-electron chi connectivity index (χ2n) is 18.0. The lowest BCUT2D eigenvalue weighted by Gasteiger charge is -2.29. The van der Waals surface area contributed by atoms with Gasteiger partial charge >= 0.3 is 0 Å². The summed E-state index contributed by atoms with van der Waals surface area (Å²) in [6, 6.07) is 60.3. The predicted molar refractivity (Wildman–Crippen MR) is 248 cm³/mol. The SMILES string of the molecule is CC1(C)c2ccccc2-c2ccc(-c3ccc4c(-c5cc6ccccc6c6ccccc56)c5ccccc5c(-c5ccc6c(c5)C(C)(C)C5C=CC=CC65)c4c3)cc21. The third-order valence-corrected chi connectivity index (χ3v) is 14.3. The van der Waals surface area contributed by atoms with Crippen molar-refractivity contribution in [2.45, 2.75) is 44.4 Å². The molecule has 0 aliphatic heterocycles. The summed E-state index contributed by atoms with van der Waals surface area (Å²) in [4.78, 5) is 0. The van der Waals surface area contributed by atoms with E-state index in [2.05, 4.69) is 210 Å². The number of hydrogen-bond donors (Lipinski definition) is 0. The summed E-state index contributed by atoms with van der Waals surface area (Å²) in [5.74, 6) is 0.879. The van der Waals surface area contributed by atoms with Gasteiger partial charge in [-0.3, -0.25) is 0 Å². The second kappa shape index (κ2) is 12.0. The first-order valence-corrected chi connectivity index (χ1v) is 20.9. The van der Waals surface area contributed by atoms with Crippen LogP contribution >= 0.6 is 0 Å². The van der Waals surface area contributed by atoms with Crippen molar-refractivity contribution in [3.05, 3.63) is 204 Å². The molecule has 276 valence electrons. The highest BCUT2D eigenvalue weighted by Gasteiger charge is 2.44. The average Bonchev–Trinajstić information content (AvgIpc) is 3.64. The van der Waals surface area contributed by atoms with E-state index in [1.165, 1.54) is 110 Å². The Hall–Kier alpha value is -6.50. The number of hydrogen-bond acceptors (Lipinski definition) is 0. The smallest absolute Gasteiger partial charge is 0.0159 e. The predicted octanol–water partition coefficient (Wildman–Crippen LogP) is 15.7. The largest absolute Gasteiger partial charge is 0.0796 e.